The van der Waals surface area contributed by atoms with Crippen molar-refractivity contribution in [3.05, 3.63) is 112 Å². The summed E-state index contributed by atoms with van der Waals surface area (Å²) in [7, 11) is 0. The fourth-order valence-electron chi connectivity index (χ4n) is 19.6. The summed E-state index contributed by atoms with van der Waals surface area (Å²) in [6.07, 6.45) is 48.7. The van der Waals surface area contributed by atoms with Crippen LogP contribution in [0.2, 0.25) is 5.82 Å². The van der Waals surface area contributed by atoms with Crippen LogP contribution in [0.25, 0.3) is 0 Å². The molecule has 0 N–H and O–H groups in total. The van der Waals surface area contributed by atoms with Gasteiger partial charge in [0.05, 0.1) is 11.6 Å². The molecule has 0 bridgehead atoms. The Morgan fingerprint density at radius 2 is 1.54 bits per heavy atom. The van der Waals surface area contributed by atoms with Crippen molar-refractivity contribution >= 4 is 23.6 Å². The van der Waals surface area contributed by atoms with Crippen LogP contribution in [0.5, 0.6) is 0 Å². The number of fused-ring (bicyclic) bond motifs is 11. The predicted octanol–water partition coefficient (Wildman–Crippen LogP) is 16.7. The van der Waals surface area contributed by atoms with Crippen LogP contribution < -0.4 is 15.3 Å². The third-order valence-corrected chi connectivity index (χ3v) is 23.5. The number of rotatable bonds is 3. The lowest BCUT2D eigenvalue weighted by molar-refractivity contribution is 0.135. The highest BCUT2D eigenvalue weighted by molar-refractivity contribution is 6.84. The molecule has 13 rings (SSSR count). The SMILES string of the molecule is CC(C)(C)C1=CCC2B3C4=CC=CC5C4N(c4cc(N6C7=C(CC(C(C)(C)C)CC7)C7(C)CCCCC67C)cc(c43)CC(C3C=CC(C(C)(C)C)CC3C3=CC=CCC3)C2C1)C1CC2=CCCCC2[C@@H]51. The molecule has 2 saturated carbocycles. The van der Waals surface area contributed by atoms with Crippen LogP contribution in [0.4, 0.5) is 11.4 Å². The van der Waals surface area contributed by atoms with Crippen LogP contribution >= 0.6 is 0 Å². The van der Waals surface area contributed by atoms with Crippen molar-refractivity contribution in [1.82, 2.24) is 0 Å². The summed E-state index contributed by atoms with van der Waals surface area (Å²) in [5.41, 5.74) is 18.7. The lowest BCUT2D eigenvalue weighted by Gasteiger charge is -2.52. The van der Waals surface area contributed by atoms with E-state index < -0.39 is 0 Å². The summed E-state index contributed by atoms with van der Waals surface area (Å²) < 4.78 is 0. The van der Waals surface area contributed by atoms with Crippen LogP contribution in [0.3, 0.4) is 0 Å². The van der Waals surface area contributed by atoms with Crippen molar-refractivity contribution in [2.45, 2.75) is 209 Å². The summed E-state index contributed by atoms with van der Waals surface area (Å²) in [5, 5.41) is 0. The summed E-state index contributed by atoms with van der Waals surface area (Å²) >= 11 is 0. The Kier molecular flexibility index (Phi) is 10.7. The van der Waals surface area contributed by atoms with Crippen molar-refractivity contribution in [3.8, 4) is 0 Å². The second-order valence-electron chi connectivity index (χ2n) is 29.6. The van der Waals surface area contributed by atoms with E-state index in [0.717, 1.165) is 17.8 Å². The van der Waals surface area contributed by atoms with E-state index in [1.807, 2.05) is 16.6 Å². The lowest BCUT2D eigenvalue weighted by Crippen LogP contribution is -2.58. The third-order valence-electron chi connectivity index (χ3n) is 23.5. The summed E-state index contributed by atoms with van der Waals surface area (Å²) in [6, 6.07) is 6.92. The first-order valence-corrected chi connectivity index (χ1v) is 29.6. The molecule has 1 saturated heterocycles. The molecule has 372 valence electrons. The van der Waals surface area contributed by atoms with Crippen LogP contribution in [-0.4, -0.2) is 24.3 Å². The smallest absolute Gasteiger partial charge is 0.213 e. The molecule has 14 atom stereocenters. The molecule has 1 aromatic carbocycles. The molecular formula is C67H91BN2. The Bertz CT molecular complexity index is 2590. The minimum absolute atomic E-state index is 0.101. The molecule has 0 amide bonds. The molecular weight excluding hydrogens is 844 g/mol. The summed E-state index contributed by atoms with van der Waals surface area (Å²) in [5.74, 6) is 6.50. The largest absolute Gasteiger partial charge is 0.362 e. The Labute approximate surface area is 426 Å². The van der Waals surface area contributed by atoms with Gasteiger partial charge >= 0.3 is 0 Å². The molecule has 0 radical (unpaired) electrons. The topological polar surface area (TPSA) is 6.48 Å². The maximum atomic E-state index is 3.19. The summed E-state index contributed by atoms with van der Waals surface area (Å²) in [4.78, 5) is 6.31. The van der Waals surface area contributed by atoms with E-state index in [2.05, 4.69) is 159 Å². The van der Waals surface area contributed by atoms with Crippen molar-refractivity contribution in [2.75, 3.05) is 9.80 Å². The molecule has 4 heterocycles. The van der Waals surface area contributed by atoms with E-state index in [1.165, 1.54) is 109 Å². The molecule has 13 unspecified atom stereocenters. The number of anilines is 2. The molecule has 1 aromatic rings. The average molecular weight is 935 g/mol. The van der Waals surface area contributed by atoms with Gasteiger partial charge in [-0.3, -0.25) is 0 Å². The van der Waals surface area contributed by atoms with Gasteiger partial charge in [0.25, 0.3) is 0 Å². The first kappa shape index (κ1) is 46.6. The fourth-order valence-corrected chi connectivity index (χ4v) is 19.6. The van der Waals surface area contributed by atoms with Gasteiger partial charge in [0, 0.05) is 34.4 Å². The van der Waals surface area contributed by atoms with E-state index in [4.69, 9.17) is 0 Å². The van der Waals surface area contributed by atoms with Gasteiger partial charge in [0.1, 0.15) is 0 Å². The van der Waals surface area contributed by atoms with Gasteiger partial charge in [-0.15, -0.1) is 0 Å². The van der Waals surface area contributed by atoms with Gasteiger partial charge in [-0.1, -0.05) is 165 Å². The molecule has 0 aromatic heterocycles. The van der Waals surface area contributed by atoms with Crippen molar-refractivity contribution in [2.24, 2.45) is 74.9 Å². The molecule has 3 fully saturated rings. The van der Waals surface area contributed by atoms with Gasteiger partial charge in [0.15, 0.2) is 0 Å². The van der Waals surface area contributed by atoms with E-state index in [0.29, 0.717) is 65.5 Å². The average Bonchev–Trinajstić information content (AvgIpc) is 3.89. The zero-order valence-corrected chi connectivity index (χ0v) is 45.8. The highest BCUT2D eigenvalue weighted by Crippen LogP contribution is 2.67. The molecule has 0 spiro atoms. The van der Waals surface area contributed by atoms with Gasteiger partial charge < -0.3 is 9.80 Å². The molecule has 4 aliphatic heterocycles. The minimum atomic E-state index is 0.101. The maximum Gasteiger partial charge on any atom is 0.213 e. The number of hydrogen-bond donors (Lipinski definition) is 0. The van der Waals surface area contributed by atoms with Crippen LogP contribution in [-0.2, 0) is 6.42 Å². The van der Waals surface area contributed by atoms with Gasteiger partial charge in [-0.25, -0.2) is 0 Å². The van der Waals surface area contributed by atoms with Gasteiger partial charge in [-0.2, -0.15) is 0 Å². The van der Waals surface area contributed by atoms with Gasteiger partial charge in [-0.05, 0) is 201 Å². The number of benzene rings is 1. The normalized spacial score (nSPS) is 40.5. The van der Waals surface area contributed by atoms with Crippen molar-refractivity contribution in [1.29, 1.82) is 0 Å². The van der Waals surface area contributed by atoms with Crippen molar-refractivity contribution in [3.63, 3.8) is 0 Å². The number of nitrogens with zero attached hydrogens (tertiary/aromatic N) is 2. The van der Waals surface area contributed by atoms with Gasteiger partial charge in [0.2, 0.25) is 6.71 Å². The minimum Gasteiger partial charge on any atom is -0.362 e. The molecule has 8 aliphatic carbocycles. The number of hydrogen-bond acceptors (Lipinski definition) is 2. The van der Waals surface area contributed by atoms with E-state index >= 15 is 0 Å². The highest BCUT2D eigenvalue weighted by atomic mass is 15.3. The maximum absolute atomic E-state index is 3.19. The Morgan fingerprint density at radius 3 is 2.31 bits per heavy atom. The van der Waals surface area contributed by atoms with E-state index in [1.54, 1.807) is 39.2 Å². The standard InChI is InChI=1S/C67H91BN2/c1-63(2,3)44-26-29-49(51(37-44)41-20-13-12-14-21-41)52-35-43-34-47(70-57-31-28-46(65(7,8)9)39-54(57)66(10)32-17-18-33-67(66,70)11)40-59-61(43)68(55-30-27-45(38-53(52)55)64(4,5)6)56-25-19-24-50-60-48-23-16-15-22-42(48)36-58(60)69(59)62(50)56/h12-13,19-20,22,24-27,29,34,40,44,46,48-53,55,58,60,62H,14-18,21,23,28,30-33,35-39H2,1-11H3/t44?,46?,48?,49?,50?,51?,52?,53?,55?,58?,60-,62?,66?,67?/m0/s1. The zero-order valence-electron chi connectivity index (χ0n) is 45.8. The predicted molar refractivity (Wildman–Crippen MR) is 299 cm³/mol. The first-order chi connectivity index (χ1) is 33.3. The fraction of sp³-hybridized carbons (Fsp3) is 0.672. The second kappa shape index (κ2) is 16.2. The Balaban J connectivity index is 1.05. The lowest BCUT2D eigenvalue weighted by atomic mass is 9.27. The van der Waals surface area contributed by atoms with Crippen LogP contribution in [0, 0.1) is 74.9 Å². The number of allylic oxidation sites excluding steroid dienone is 12. The first-order valence-electron chi connectivity index (χ1n) is 29.6. The molecule has 12 aliphatic rings. The quantitative estimate of drug-likeness (QED) is 0.220. The van der Waals surface area contributed by atoms with E-state index in [-0.39, 0.29) is 21.8 Å². The molecule has 2 nitrogen and oxygen atoms in total. The Hall–Kier alpha value is -3.20. The van der Waals surface area contributed by atoms with E-state index in [9.17, 15) is 0 Å². The zero-order chi connectivity index (χ0) is 48.4. The Morgan fingerprint density at radius 1 is 0.714 bits per heavy atom. The second-order valence-corrected chi connectivity index (χ2v) is 29.6. The van der Waals surface area contributed by atoms with Crippen LogP contribution in [0.1, 0.15) is 184 Å². The summed E-state index contributed by atoms with van der Waals surface area (Å²) in [6.45, 7) is 28.7. The van der Waals surface area contributed by atoms with Crippen LogP contribution in [0.15, 0.2) is 106 Å². The third kappa shape index (κ3) is 6.81. The highest BCUT2D eigenvalue weighted by Gasteiger charge is 2.64. The monoisotopic (exact) mass is 935 g/mol. The molecule has 70 heavy (non-hydrogen) atoms. The molecule has 3 heteroatoms. The van der Waals surface area contributed by atoms with Crippen molar-refractivity contribution < 1.29 is 0 Å².